The minimum atomic E-state index is -4.03. The lowest BCUT2D eigenvalue weighted by molar-refractivity contribution is 0.131. The van der Waals surface area contributed by atoms with Gasteiger partial charge in [0.2, 0.25) is 10.0 Å². The summed E-state index contributed by atoms with van der Waals surface area (Å²) in [4.78, 5) is 7.21. The first-order valence-electron chi connectivity index (χ1n) is 14.6. The second-order valence-corrected chi connectivity index (χ2v) is 13.3. The zero-order valence-electron chi connectivity index (χ0n) is 22.7. The molecule has 208 valence electrons. The fourth-order valence-electron chi connectivity index (χ4n) is 6.75. The van der Waals surface area contributed by atoms with Gasteiger partial charge in [-0.2, -0.15) is 5.11 Å². The third-order valence-corrected chi connectivity index (χ3v) is 10.2. The van der Waals surface area contributed by atoms with Crippen molar-refractivity contribution in [1.29, 1.82) is 0 Å². The van der Waals surface area contributed by atoms with Gasteiger partial charge in [0.15, 0.2) is 12.5 Å². The first-order chi connectivity index (χ1) is 19.0. The standard InChI is InChI=1S/C30H40N6O2S/c31-39(37,38)29-26(18-21-12-16-36(17-13-21)19-22-2-1-3-22)8-9-27(28(29)30-33-20-34-35-30)25-6-4-23(5-7-25)24-10-14-32-15-11-24/h4-9,21-22,24,32H,1-3,10-20H2,(H2,31,37,38). The van der Waals surface area contributed by atoms with Crippen LogP contribution in [0.15, 0.2) is 56.5 Å². The summed E-state index contributed by atoms with van der Waals surface area (Å²) in [6.07, 6.45) is 9.22. The number of nitrogens with zero attached hydrogens (tertiary/aromatic N) is 4. The Balaban J connectivity index is 1.30. The Bertz CT molecular complexity index is 1340. The molecule has 0 radical (unpaired) electrons. The summed E-state index contributed by atoms with van der Waals surface area (Å²) in [5.74, 6) is 2.21. The molecular formula is C30H40N6O2S. The monoisotopic (exact) mass is 548 g/mol. The van der Waals surface area contributed by atoms with Gasteiger partial charge in [0.05, 0.1) is 4.90 Å². The Hall–Kier alpha value is -2.46. The molecule has 3 fully saturated rings. The lowest BCUT2D eigenvalue weighted by atomic mass is 9.83. The zero-order chi connectivity index (χ0) is 26.8. The molecule has 3 aliphatic heterocycles. The third kappa shape index (κ3) is 6.01. The van der Waals surface area contributed by atoms with Gasteiger partial charge in [0, 0.05) is 12.1 Å². The molecule has 1 aliphatic carbocycles. The van der Waals surface area contributed by atoms with Crippen LogP contribution in [0.25, 0.3) is 11.1 Å². The number of piperidine rings is 2. The molecule has 8 nitrogen and oxygen atoms in total. The molecule has 0 atom stereocenters. The molecule has 2 aromatic carbocycles. The number of amidine groups is 1. The highest BCUT2D eigenvalue weighted by atomic mass is 32.2. The third-order valence-electron chi connectivity index (χ3n) is 9.19. The number of likely N-dealkylation sites (tertiary alicyclic amines) is 1. The highest BCUT2D eigenvalue weighted by Gasteiger charge is 2.30. The van der Waals surface area contributed by atoms with Gasteiger partial charge >= 0.3 is 0 Å². The van der Waals surface area contributed by atoms with E-state index in [-0.39, 0.29) is 11.6 Å². The number of benzene rings is 2. The smallest absolute Gasteiger partial charge is 0.239 e. The van der Waals surface area contributed by atoms with Crippen molar-refractivity contribution >= 4 is 15.9 Å². The van der Waals surface area contributed by atoms with E-state index in [0.717, 1.165) is 74.5 Å². The minimum absolute atomic E-state index is 0.166. The average Bonchev–Trinajstić information content (AvgIpc) is 3.46. The zero-order valence-corrected chi connectivity index (χ0v) is 23.5. The maximum Gasteiger partial charge on any atom is 0.239 e. The first-order valence-corrected chi connectivity index (χ1v) is 16.1. The number of sulfonamides is 1. The number of nitrogens with two attached hydrogens (primary N) is 1. The van der Waals surface area contributed by atoms with E-state index in [9.17, 15) is 8.42 Å². The average molecular weight is 549 g/mol. The van der Waals surface area contributed by atoms with Crippen molar-refractivity contribution in [2.45, 2.75) is 62.2 Å². The number of rotatable bonds is 8. The molecule has 4 aliphatic rings. The van der Waals surface area contributed by atoms with Crippen LogP contribution in [0.2, 0.25) is 0 Å². The normalized spacial score (nSPS) is 21.7. The van der Waals surface area contributed by atoms with Gasteiger partial charge in [-0.3, -0.25) is 0 Å². The van der Waals surface area contributed by atoms with Crippen LogP contribution in [0.5, 0.6) is 0 Å². The van der Waals surface area contributed by atoms with Gasteiger partial charge in [0.25, 0.3) is 0 Å². The summed E-state index contributed by atoms with van der Waals surface area (Å²) in [5, 5.41) is 17.6. The van der Waals surface area contributed by atoms with Crippen LogP contribution >= 0.6 is 0 Å². The Morgan fingerprint density at radius 2 is 1.67 bits per heavy atom. The van der Waals surface area contributed by atoms with Crippen molar-refractivity contribution in [3.8, 4) is 11.1 Å². The topological polar surface area (TPSA) is 113 Å². The lowest BCUT2D eigenvalue weighted by Crippen LogP contribution is -2.39. The van der Waals surface area contributed by atoms with Crippen molar-refractivity contribution in [1.82, 2.24) is 10.2 Å². The number of primary sulfonamides is 1. The Morgan fingerprint density at radius 3 is 2.28 bits per heavy atom. The molecule has 0 unspecified atom stereocenters. The quantitative estimate of drug-likeness (QED) is 0.498. The van der Waals surface area contributed by atoms with Gasteiger partial charge in [-0.1, -0.05) is 42.8 Å². The van der Waals surface area contributed by atoms with Crippen LogP contribution in [-0.4, -0.2) is 58.5 Å². The minimum Gasteiger partial charge on any atom is -0.317 e. The van der Waals surface area contributed by atoms with Crippen molar-refractivity contribution in [2.75, 3.05) is 39.4 Å². The molecule has 9 heteroatoms. The van der Waals surface area contributed by atoms with Crippen molar-refractivity contribution < 1.29 is 8.42 Å². The summed E-state index contributed by atoms with van der Waals surface area (Å²) in [5.41, 5.74) is 4.31. The predicted octanol–water partition coefficient (Wildman–Crippen LogP) is 4.69. The summed E-state index contributed by atoms with van der Waals surface area (Å²) in [6, 6.07) is 12.5. The molecule has 0 bridgehead atoms. The molecule has 2 aromatic rings. The van der Waals surface area contributed by atoms with E-state index in [2.05, 4.69) is 49.7 Å². The van der Waals surface area contributed by atoms with E-state index in [1.165, 1.54) is 31.4 Å². The molecule has 0 spiro atoms. The van der Waals surface area contributed by atoms with Crippen LogP contribution in [0.3, 0.4) is 0 Å². The molecular weight excluding hydrogens is 508 g/mol. The highest BCUT2D eigenvalue weighted by molar-refractivity contribution is 7.89. The van der Waals surface area contributed by atoms with Crippen molar-refractivity contribution in [3.05, 3.63) is 53.1 Å². The summed E-state index contributed by atoms with van der Waals surface area (Å²) in [6.45, 7) is 5.68. The summed E-state index contributed by atoms with van der Waals surface area (Å²) >= 11 is 0. The van der Waals surface area contributed by atoms with E-state index in [4.69, 9.17) is 5.14 Å². The van der Waals surface area contributed by atoms with Crippen molar-refractivity contribution in [3.63, 3.8) is 0 Å². The molecule has 3 heterocycles. The number of hydrogen-bond donors (Lipinski definition) is 2. The van der Waals surface area contributed by atoms with Crippen molar-refractivity contribution in [2.24, 2.45) is 32.2 Å². The van der Waals surface area contributed by atoms with Gasteiger partial charge < -0.3 is 10.2 Å². The molecule has 0 amide bonds. The predicted molar refractivity (Wildman–Crippen MR) is 155 cm³/mol. The number of aliphatic imine (C=N–C) groups is 1. The van der Waals surface area contributed by atoms with E-state index < -0.39 is 10.0 Å². The first kappa shape index (κ1) is 26.7. The van der Waals surface area contributed by atoms with E-state index >= 15 is 0 Å². The summed E-state index contributed by atoms with van der Waals surface area (Å²) in [7, 11) is -4.03. The molecule has 2 saturated heterocycles. The van der Waals surface area contributed by atoms with Crippen LogP contribution < -0.4 is 10.5 Å². The molecule has 6 rings (SSSR count). The van der Waals surface area contributed by atoms with Crippen LogP contribution in [-0.2, 0) is 16.4 Å². The van der Waals surface area contributed by atoms with E-state index in [1.54, 1.807) is 0 Å². The van der Waals surface area contributed by atoms with E-state index in [0.29, 0.717) is 29.7 Å². The Morgan fingerprint density at radius 1 is 0.923 bits per heavy atom. The molecule has 3 N–H and O–H groups in total. The largest absolute Gasteiger partial charge is 0.317 e. The number of azo groups is 1. The maximum atomic E-state index is 13.2. The summed E-state index contributed by atoms with van der Waals surface area (Å²) < 4.78 is 26.3. The van der Waals surface area contributed by atoms with Gasteiger partial charge in [0.1, 0.15) is 0 Å². The second-order valence-electron chi connectivity index (χ2n) is 11.8. The van der Waals surface area contributed by atoms with Crippen LogP contribution in [0.4, 0.5) is 0 Å². The van der Waals surface area contributed by atoms with E-state index in [1.807, 2.05) is 12.1 Å². The van der Waals surface area contributed by atoms with Gasteiger partial charge in [-0.05, 0) is 111 Å². The Kier molecular flexibility index (Phi) is 7.93. The fourth-order valence-corrected chi connectivity index (χ4v) is 7.75. The van der Waals surface area contributed by atoms with Crippen LogP contribution in [0.1, 0.15) is 67.6 Å². The number of hydrogen-bond acceptors (Lipinski definition) is 7. The van der Waals surface area contributed by atoms with Gasteiger partial charge in [-0.25, -0.2) is 18.5 Å². The SMILES string of the molecule is NS(=O)(=O)c1c(CC2CCN(CC3CCC3)CC2)ccc(-c2ccc(C3CCNCC3)cc2)c1C1=NCN=N1. The van der Waals surface area contributed by atoms with Gasteiger partial charge in [-0.15, -0.1) is 5.11 Å². The molecule has 0 aromatic heterocycles. The second kappa shape index (κ2) is 11.6. The molecule has 1 saturated carbocycles. The fraction of sp³-hybridized carbons (Fsp3) is 0.567. The number of nitrogens with one attached hydrogen (secondary N) is 1. The highest BCUT2D eigenvalue weighted by Crippen LogP contribution is 2.37. The lowest BCUT2D eigenvalue weighted by Gasteiger charge is -2.37. The molecule has 39 heavy (non-hydrogen) atoms. The van der Waals surface area contributed by atoms with Crippen LogP contribution in [0, 0.1) is 11.8 Å². The maximum absolute atomic E-state index is 13.2. The Labute approximate surface area is 232 Å².